The van der Waals surface area contributed by atoms with E-state index in [9.17, 15) is 15.4 Å². The summed E-state index contributed by atoms with van der Waals surface area (Å²) in [5, 5.41) is 27.5. The second kappa shape index (κ2) is 8.63. The van der Waals surface area contributed by atoms with Crippen molar-refractivity contribution in [3.05, 3.63) is 63.7 Å². The zero-order valence-electron chi connectivity index (χ0n) is 16.1. The van der Waals surface area contributed by atoms with Gasteiger partial charge in [-0.1, -0.05) is 12.1 Å². The lowest BCUT2D eigenvalue weighted by Gasteiger charge is -2.10. The molecule has 1 aromatic heterocycles. The first-order chi connectivity index (χ1) is 14.6. The molecule has 0 amide bonds. The van der Waals surface area contributed by atoms with Crippen molar-refractivity contribution >= 4 is 22.4 Å². The van der Waals surface area contributed by atoms with Crippen molar-refractivity contribution in [2.75, 3.05) is 25.2 Å². The van der Waals surface area contributed by atoms with Gasteiger partial charge < -0.3 is 20.1 Å². The third-order valence-electron chi connectivity index (χ3n) is 4.73. The summed E-state index contributed by atoms with van der Waals surface area (Å²) in [4.78, 5) is 14.8. The summed E-state index contributed by atoms with van der Waals surface area (Å²) in [7, 11) is 0. The van der Waals surface area contributed by atoms with E-state index in [1.165, 1.54) is 12.1 Å². The molecule has 4 rings (SSSR count). The minimum Gasteiger partial charge on any atom is -0.454 e. The van der Waals surface area contributed by atoms with Crippen LogP contribution in [0, 0.1) is 21.4 Å². The molecular formula is C21H19N5O4. The Morgan fingerprint density at radius 3 is 2.63 bits per heavy atom. The molecule has 1 aliphatic heterocycles. The Bertz CT molecular complexity index is 1120. The van der Waals surface area contributed by atoms with Gasteiger partial charge in [-0.25, -0.2) is 4.98 Å². The number of pyridine rings is 1. The predicted octanol–water partition coefficient (Wildman–Crippen LogP) is 3.34. The fraction of sp³-hybridized carbons (Fsp3) is 0.238. The van der Waals surface area contributed by atoms with E-state index in [0.29, 0.717) is 36.0 Å². The van der Waals surface area contributed by atoms with E-state index >= 15 is 0 Å². The minimum atomic E-state index is -0.409. The third kappa shape index (κ3) is 4.24. The smallest absolute Gasteiger partial charge is 0.269 e. The summed E-state index contributed by atoms with van der Waals surface area (Å²) in [6.45, 7) is 2.21. The molecule has 9 nitrogen and oxygen atoms in total. The number of anilines is 1. The van der Waals surface area contributed by atoms with Gasteiger partial charge >= 0.3 is 0 Å². The third-order valence-corrected chi connectivity index (χ3v) is 4.73. The zero-order chi connectivity index (χ0) is 20.9. The van der Waals surface area contributed by atoms with Crippen molar-refractivity contribution < 1.29 is 14.4 Å². The molecule has 0 bridgehead atoms. The van der Waals surface area contributed by atoms with Gasteiger partial charge in [-0.3, -0.25) is 10.1 Å². The van der Waals surface area contributed by atoms with Crippen LogP contribution < -0.4 is 20.1 Å². The van der Waals surface area contributed by atoms with Crippen LogP contribution in [0.4, 0.5) is 11.5 Å². The molecular weight excluding hydrogens is 386 g/mol. The number of nitriles is 1. The molecule has 2 aromatic carbocycles. The maximum absolute atomic E-state index is 10.7. The van der Waals surface area contributed by atoms with Crippen molar-refractivity contribution in [2.24, 2.45) is 0 Å². The van der Waals surface area contributed by atoms with Crippen LogP contribution in [0.2, 0.25) is 0 Å². The number of rotatable bonds is 8. The molecule has 0 radical (unpaired) electrons. The van der Waals surface area contributed by atoms with E-state index in [2.05, 4.69) is 21.7 Å². The Kier molecular flexibility index (Phi) is 5.59. The van der Waals surface area contributed by atoms with Crippen molar-refractivity contribution in [1.82, 2.24) is 10.3 Å². The van der Waals surface area contributed by atoms with Gasteiger partial charge in [0.1, 0.15) is 11.9 Å². The Morgan fingerprint density at radius 1 is 1.13 bits per heavy atom. The van der Waals surface area contributed by atoms with Gasteiger partial charge in [0.05, 0.1) is 16.0 Å². The van der Waals surface area contributed by atoms with Crippen LogP contribution in [-0.4, -0.2) is 29.8 Å². The Morgan fingerprint density at radius 2 is 1.90 bits per heavy atom. The number of nitrogens with one attached hydrogen (secondary N) is 2. The van der Waals surface area contributed by atoms with Crippen LogP contribution in [0.3, 0.4) is 0 Å². The molecule has 0 atom stereocenters. The van der Waals surface area contributed by atoms with Crippen molar-refractivity contribution in [3.63, 3.8) is 0 Å². The number of hydrogen-bond donors (Lipinski definition) is 2. The van der Waals surface area contributed by atoms with Crippen LogP contribution in [0.1, 0.15) is 17.5 Å². The van der Waals surface area contributed by atoms with Gasteiger partial charge in [0.25, 0.3) is 5.69 Å². The Labute approximate surface area is 172 Å². The summed E-state index contributed by atoms with van der Waals surface area (Å²) < 4.78 is 10.8. The number of benzene rings is 2. The molecule has 0 saturated carbocycles. The molecule has 152 valence electrons. The van der Waals surface area contributed by atoms with Gasteiger partial charge in [-0.2, -0.15) is 5.26 Å². The Balaban J connectivity index is 1.30. The van der Waals surface area contributed by atoms with Crippen LogP contribution >= 0.6 is 0 Å². The topological polar surface area (TPSA) is 122 Å². The first-order valence-electron chi connectivity index (χ1n) is 9.46. The lowest BCUT2D eigenvalue weighted by molar-refractivity contribution is -0.384. The number of nitrogens with zero attached hydrogens (tertiary/aromatic N) is 3. The molecule has 1 aliphatic rings. The summed E-state index contributed by atoms with van der Waals surface area (Å²) in [6.07, 6.45) is 0.818. The molecule has 0 fully saturated rings. The molecule has 30 heavy (non-hydrogen) atoms. The molecule has 0 saturated heterocycles. The average molecular weight is 405 g/mol. The molecule has 3 aromatic rings. The summed E-state index contributed by atoms with van der Waals surface area (Å²) in [6, 6.07) is 14.1. The monoisotopic (exact) mass is 405 g/mol. The van der Waals surface area contributed by atoms with E-state index < -0.39 is 4.92 Å². The summed E-state index contributed by atoms with van der Waals surface area (Å²) in [5.74, 6) is 1.85. The quantitative estimate of drug-likeness (QED) is 0.332. The van der Waals surface area contributed by atoms with Crippen molar-refractivity contribution in [1.29, 1.82) is 5.26 Å². The molecule has 0 unspecified atom stereocenters. The fourth-order valence-corrected chi connectivity index (χ4v) is 3.17. The molecule has 0 aliphatic carbocycles. The van der Waals surface area contributed by atoms with Gasteiger partial charge in [0.15, 0.2) is 11.5 Å². The Hall–Kier alpha value is -3.90. The second-order valence-corrected chi connectivity index (χ2v) is 6.78. The van der Waals surface area contributed by atoms with Gasteiger partial charge in [0.2, 0.25) is 6.79 Å². The number of nitro groups is 1. The first kappa shape index (κ1) is 19.4. The van der Waals surface area contributed by atoms with Crippen LogP contribution in [-0.2, 0) is 6.54 Å². The van der Waals surface area contributed by atoms with E-state index in [1.54, 1.807) is 18.2 Å². The highest BCUT2D eigenvalue weighted by molar-refractivity contribution is 5.86. The first-order valence-corrected chi connectivity index (χ1v) is 9.46. The second-order valence-electron chi connectivity index (χ2n) is 6.78. The van der Waals surface area contributed by atoms with Crippen molar-refractivity contribution in [2.45, 2.75) is 13.0 Å². The number of hydrogen-bond acceptors (Lipinski definition) is 8. The lowest BCUT2D eigenvalue weighted by atomic mass is 10.1. The minimum absolute atomic E-state index is 0.0863. The largest absolute Gasteiger partial charge is 0.454 e. The average Bonchev–Trinajstić information content (AvgIpc) is 3.21. The summed E-state index contributed by atoms with van der Waals surface area (Å²) in [5.41, 5.74) is 2.27. The van der Waals surface area contributed by atoms with E-state index in [1.807, 2.05) is 12.1 Å². The number of non-ortho nitro benzene ring substituents is 1. The van der Waals surface area contributed by atoms with Gasteiger partial charge in [-0.05, 0) is 30.7 Å². The fourth-order valence-electron chi connectivity index (χ4n) is 3.17. The maximum Gasteiger partial charge on any atom is 0.269 e. The number of aromatic nitrogens is 1. The highest BCUT2D eigenvalue weighted by atomic mass is 16.7. The molecule has 2 N–H and O–H groups in total. The highest BCUT2D eigenvalue weighted by Gasteiger charge is 2.16. The summed E-state index contributed by atoms with van der Waals surface area (Å²) >= 11 is 0. The van der Waals surface area contributed by atoms with E-state index in [0.717, 1.165) is 29.4 Å². The lowest BCUT2D eigenvalue weighted by Crippen LogP contribution is -2.18. The number of nitro benzene ring substituents is 1. The molecule has 2 heterocycles. The van der Waals surface area contributed by atoms with Crippen LogP contribution in [0.25, 0.3) is 10.9 Å². The standard InChI is InChI=1S/C21H19N5O4/c22-11-16-8-15-9-19-20(30-13-29-19)10-18(15)25-21(16)24-7-1-6-23-12-14-2-4-17(5-3-14)26(27)28/h2-5,8-10,23H,1,6-7,12-13H2,(H,24,25). The molecule has 9 heteroatoms. The molecule has 0 spiro atoms. The number of fused-ring (bicyclic) bond motifs is 2. The van der Waals surface area contributed by atoms with Crippen LogP contribution in [0.5, 0.6) is 11.5 Å². The SMILES string of the molecule is N#Cc1cc2cc3c(cc2nc1NCCCNCc1ccc([N+](=O)[O-])cc1)OCO3. The normalized spacial score (nSPS) is 12.0. The van der Waals surface area contributed by atoms with E-state index in [-0.39, 0.29) is 12.5 Å². The van der Waals surface area contributed by atoms with Gasteiger partial charge in [-0.15, -0.1) is 0 Å². The van der Waals surface area contributed by atoms with E-state index in [4.69, 9.17) is 9.47 Å². The zero-order valence-corrected chi connectivity index (χ0v) is 16.1. The number of ether oxygens (including phenoxy) is 2. The maximum atomic E-state index is 10.7. The van der Waals surface area contributed by atoms with Gasteiger partial charge in [0, 0.05) is 36.7 Å². The van der Waals surface area contributed by atoms with Crippen LogP contribution in [0.15, 0.2) is 42.5 Å². The highest BCUT2D eigenvalue weighted by Crippen LogP contribution is 2.36. The predicted molar refractivity (Wildman–Crippen MR) is 110 cm³/mol. The van der Waals surface area contributed by atoms with Crippen molar-refractivity contribution in [3.8, 4) is 17.6 Å².